The molecule has 1 aliphatic rings. The van der Waals surface area contributed by atoms with Crippen molar-refractivity contribution in [2.45, 2.75) is 103 Å². The van der Waals surface area contributed by atoms with E-state index in [0.29, 0.717) is 6.42 Å². The second kappa shape index (κ2) is 11.3. The van der Waals surface area contributed by atoms with Crippen molar-refractivity contribution < 1.29 is 9.53 Å². The zero-order valence-electron chi connectivity index (χ0n) is 12.8. The standard InChI is InChI=1S/C17H32O2/c1-2-3-4-5-6-7-8-9-10-15-17(18)19-16-13-11-12-14-16/h16H,2-15H2,1H3. The Hall–Kier alpha value is -0.530. The van der Waals surface area contributed by atoms with Crippen LogP contribution in [0.5, 0.6) is 0 Å². The Kier molecular flexibility index (Phi) is 9.84. The summed E-state index contributed by atoms with van der Waals surface area (Å²) in [5.41, 5.74) is 0. The molecule has 0 bridgehead atoms. The van der Waals surface area contributed by atoms with Gasteiger partial charge in [-0.1, -0.05) is 58.3 Å². The van der Waals surface area contributed by atoms with Crippen LogP contribution >= 0.6 is 0 Å². The van der Waals surface area contributed by atoms with E-state index in [1.165, 1.54) is 64.2 Å². The molecule has 0 aromatic rings. The van der Waals surface area contributed by atoms with Crippen LogP contribution in [0.15, 0.2) is 0 Å². The molecular formula is C17H32O2. The molecule has 0 amide bonds. The minimum absolute atomic E-state index is 0.0369. The van der Waals surface area contributed by atoms with Crippen molar-refractivity contribution in [1.29, 1.82) is 0 Å². The first-order chi connectivity index (χ1) is 9.33. The highest BCUT2D eigenvalue weighted by molar-refractivity contribution is 5.69. The van der Waals surface area contributed by atoms with E-state index in [1.54, 1.807) is 0 Å². The first kappa shape index (κ1) is 16.5. The first-order valence-corrected chi connectivity index (χ1v) is 8.52. The number of unbranched alkanes of at least 4 members (excludes halogenated alkanes) is 8. The second-order valence-electron chi connectivity index (χ2n) is 5.97. The fraction of sp³-hybridized carbons (Fsp3) is 0.941. The van der Waals surface area contributed by atoms with Gasteiger partial charge in [0.05, 0.1) is 0 Å². The summed E-state index contributed by atoms with van der Waals surface area (Å²) in [6.45, 7) is 2.25. The Labute approximate surface area is 119 Å². The molecule has 2 heteroatoms. The van der Waals surface area contributed by atoms with Gasteiger partial charge in [-0.2, -0.15) is 0 Å². The number of ether oxygens (including phenoxy) is 1. The van der Waals surface area contributed by atoms with E-state index in [4.69, 9.17) is 4.74 Å². The fourth-order valence-electron chi connectivity index (χ4n) is 2.83. The molecule has 0 aromatic heterocycles. The highest BCUT2D eigenvalue weighted by Crippen LogP contribution is 2.21. The number of hydrogen-bond donors (Lipinski definition) is 0. The summed E-state index contributed by atoms with van der Waals surface area (Å²) in [5, 5.41) is 0. The minimum Gasteiger partial charge on any atom is -0.462 e. The monoisotopic (exact) mass is 268 g/mol. The Morgan fingerprint density at radius 2 is 1.42 bits per heavy atom. The van der Waals surface area contributed by atoms with E-state index in [-0.39, 0.29) is 12.1 Å². The average Bonchev–Trinajstić information content (AvgIpc) is 2.89. The van der Waals surface area contributed by atoms with Crippen LogP contribution in [0.1, 0.15) is 96.8 Å². The summed E-state index contributed by atoms with van der Waals surface area (Å²) in [7, 11) is 0. The van der Waals surface area contributed by atoms with Gasteiger partial charge in [-0.15, -0.1) is 0 Å². The maximum Gasteiger partial charge on any atom is 0.306 e. The van der Waals surface area contributed by atoms with E-state index in [9.17, 15) is 4.79 Å². The molecular weight excluding hydrogens is 236 g/mol. The summed E-state index contributed by atoms with van der Waals surface area (Å²) in [6, 6.07) is 0. The number of esters is 1. The van der Waals surface area contributed by atoms with Crippen LogP contribution in [0.4, 0.5) is 0 Å². The smallest absolute Gasteiger partial charge is 0.306 e. The van der Waals surface area contributed by atoms with Gasteiger partial charge in [0.1, 0.15) is 6.10 Å². The molecule has 19 heavy (non-hydrogen) atoms. The second-order valence-corrected chi connectivity index (χ2v) is 5.97. The first-order valence-electron chi connectivity index (χ1n) is 8.52. The topological polar surface area (TPSA) is 26.3 Å². The number of rotatable bonds is 11. The van der Waals surface area contributed by atoms with E-state index < -0.39 is 0 Å². The summed E-state index contributed by atoms with van der Waals surface area (Å²) in [4.78, 5) is 11.6. The van der Waals surface area contributed by atoms with Gasteiger partial charge in [0.2, 0.25) is 0 Å². The number of carbonyl (C=O) groups is 1. The maximum absolute atomic E-state index is 11.6. The van der Waals surface area contributed by atoms with Crippen molar-refractivity contribution in [3.8, 4) is 0 Å². The van der Waals surface area contributed by atoms with Gasteiger partial charge in [-0.3, -0.25) is 4.79 Å². The lowest BCUT2D eigenvalue weighted by atomic mass is 10.1. The SMILES string of the molecule is CCCCCCCCCCCC(=O)OC1CCCC1. The summed E-state index contributed by atoms with van der Waals surface area (Å²) >= 11 is 0. The molecule has 112 valence electrons. The van der Waals surface area contributed by atoms with Crippen LogP contribution in [0.2, 0.25) is 0 Å². The number of carbonyl (C=O) groups excluding carboxylic acids is 1. The third kappa shape index (κ3) is 9.07. The van der Waals surface area contributed by atoms with Gasteiger partial charge in [-0.05, 0) is 32.1 Å². The highest BCUT2D eigenvalue weighted by atomic mass is 16.5. The van der Waals surface area contributed by atoms with Crippen LogP contribution in [-0.2, 0) is 9.53 Å². The molecule has 0 aromatic carbocycles. The highest BCUT2D eigenvalue weighted by Gasteiger charge is 2.18. The molecule has 2 nitrogen and oxygen atoms in total. The van der Waals surface area contributed by atoms with Crippen LogP contribution in [-0.4, -0.2) is 12.1 Å². The third-order valence-corrected chi connectivity index (χ3v) is 4.08. The van der Waals surface area contributed by atoms with Crippen LogP contribution in [0.25, 0.3) is 0 Å². The largest absolute Gasteiger partial charge is 0.462 e. The van der Waals surface area contributed by atoms with Crippen molar-refractivity contribution in [2.24, 2.45) is 0 Å². The molecule has 0 atom stereocenters. The normalized spacial score (nSPS) is 15.8. The van der Waals surface area contributed by atoms with E-state index in [0.717, 1.165) is 19.3 Å². The maximum atomic E-state index is 11.6. The zero-order valence-corrected chi connectivity index (χ0v) is 12.8. The molecule has 0 saturated heterocycles. The van der Waals surface area contributed by atoms with Gasteiger partial charge in [0, 0.05) is 6.42 Å². The predicted molar refractivity (Wildman–Crippen MR) is 80.2 cm³/mol. The summed E-state index contributed by atoms with van der Waals surface area (Å²) < 4.78 is 5.44. The molecule has 0 aliphatic heterocycles. The molecule has 1 aliphatic carbocycles. The van der Waals surface area contributed by atoms with Crippen LogP contribution in [0, 0.1) is 0 Å². The van der Waals surface area contributed by atoms with E-state index in [2.05, 4.69) is 6.92 Å². The molecule has 0 N–H and O–H groups in total. The Balaban J connectivity index is 1.80. The minimum atomic E-state index is 0.0369. The summed E-state index contributed by atoms with van der Waals surface area (Å²) in [6.07, 6.45) is 17.2. The van der Waals surface area contributed by atoms with Gasteiger partial charge in [0.15, 0.2) is 0 Å². The van der Waals surface area contributed by atoms with E-state index in [1.807, 2.05) is 0 Å². The lowest BCUT2D eigenvalue weighted by Crippen LogP contribution is -2.14. The molecule has 1 fully saturated rings. The Morgan fingerprint density at radius 1 is 0.895 bits per heavy atom. The molecule has 0 spiro atoms. The summed E-state index contributed by atoms with van der Waals surface area (Å²) in [5.74, 6) is 0.0369. The lowest BCUT2D eigenvalue weighted by Gasteiger charge is -2.10. The molecule has 0 unspecified atom stereocenters. The lowest BCUT2D eigenvalue weighted by molar-refractivity contribution is -0.148. The van der Waals surface area contributed by atoms with Crippen LogP contribution < -0.4 is 0 Å². The molecule has 0 heterocycles. The van der Waals surface area contributed by atoms with Crippen molar-refractivity contribution in [3.05, 3.63) is 0 Å². The van der Waals surface area contributed by atoms with Gasteiger partial charge < -0.3 is 4.74 Å². The zero-order chi connectivity index (χ0) is 13.8. The van der Waals surface area contributed by atoms with Gasteiger partial charge in [-0.25, -0.2) is 0 Å². The molecule has 1 rings (SSSR count). The third-order valence-electron chi connectivity index (χ3n) is 4.08. The van der Waals surface area contributed by atoms with Crippen LogP contribution in [0.3, 0.4) is 0 Å². The Morgan fingerprint density at radius 3 is 2.00 bits per heavy atom. The molecule has 0 radical (unpaired) electrons. The van der Waals surface area contributed by atoms with E-state index >= 15 is 0 Å². The van der Waals surface area contributed by atoms with Crippen molar-refractivity contribution in [2.75, 3.05) is 0 Å². The van der Waals surface area contributed by atoms with Crippen molar-refractivity contribution >= 4 is 5.97 Å². The quantitative estimate of drug-likeness (QED) is 0.371. The van der Waals surface area contributed by atoms with Gasteiger partial charge in [0.25, 0.3) is 0 Å². The van der Waals surface area contributed by atoms with Crippen molar-refractivity contribution in [3.63, 3.8) is 0 Å². The average molecular weight is 268 g/mol. The predicted octanol–water partition coefficient (Wildman–Crippen LogP) is 5.39. The fourth-order valence-corrected chi connectivity index (χ4v) is 2.83. The molecule has 1 saturated carbocycles. The Bertz CT molecular complexity index is 219. The number of hydrogen-bond acceptors (Lipinski definition) is 2. The van der Waals surface area contributed by atoms with Gasteiger partial charge >= 0.3 is 5.97 Å². The van der Waals surface area contributed by atoms with Crippen molar-refractivity contribution in [1.82, 2.24) is 0 Å².